The van der Waals surface area contributed by atoms with Crippen molar-refractivity contribution in [3.8, 4) is 5.75 Å². The van der Waals surface area contributed by atoms with Crippen LogP contribution in [0.4, 0.5) is 13.2 Å². The Hall–Kier alpha value is -1.04. The van der Waals surface area contributed by atoms with E-state index < -0.39 is 16.6 Å². The molecule has 0 fully saturated rings. The Morgan fingerprint density at radius 3 is 2.50 bits per heavy atom. The first-order chi connectivity index (χ1) is 8.27. The van der Waals surface area contributed by atoms with Crippen molar-refractivity contribution in [2.24, 2.45) is 0 Å². The van der Waals surface area contributed by atoms with E-state index >= 15 is 0 Å². The Bertz CT molecular complexity index is 443. The highest BCUT2D eigenvalue weighted by atomic mass is 79.9. The molecule has 0 radical (unpaired) electrons. The highest BCUT2D eigenvalue weighted by Gasteiger charge is 2.34. The Morgan fingerprint density at radius 2 is 2.06 bits per heavy atom. The molecule has 0 aliphatic heterocycles. The molecule has 0 heterocycles. The number of ether oxygens (including phenoxy) is 1. The van der Waals surface area contributed by atoms with Crippen LogP contribution in [0.5, 0.6) is 5.75 Å². The van der Waals surface area contributed by atoms with Crippen LogP contribution < -0.4 is 4.74 Å². The molecule has 0 saturated heterocycles. The molecule has 1 unspecified atom stereocenters. The van der Waals surface area contributed by atoms with Crippen molar-refractivity contribution in [2.45, 2.75) is 24.9 Å². The maximum atomic E-state index is 12.7. The van der Waals surface area contributed by atoms with Crippen LogP contribution in [0.2, 0.25) is 0 Å². The summed E-state index contributed by atoms with van der Waals surface area (Å²) in [5.74, 6) is -0.439. The highest BCUT2D eigenvalue weighted by molar-refractivity contribution is 9.09. The maximum Gasteiger partial charge on any atom is 0.419 e. The van der Waals surface area contributed by atoms with Crippen molar-refractivity contribution >= 4 is 21.7 Å². The van der Waals surface area contributed by atoms with Crippen molar-refractivity contribution < 1.29 is 22.7 Å². The first kappa shape index (κ1) is 15.0. The molecule has 18 heavy (non-hydrogen) atoms. The number of halogens is 4. The fourth-order valence-corrected chi connectivity index (χ4v) is 1.73. The van der Waals surface area contributed by atoms with Crippen molar-refractivity contribution in [3.63, 3.8) is 0 Å². The SMILES string of the molecule is CCOc1cc(C(Br)C(C)=O)ccc1C(F)(F)F. The van der Waals surface area contributed by atoms with Gasteiger partial charge >= 0.3 is 6.18 Å². The zero-order chi connectivity index (χ0) is 13.9. The summed E-state index contributed by atoms with van der Waals surface area (Å²) in [6.07, 6.45) is -4.47. The van der Waals surface area contributed by atoms with E-state index in [9.17, 15) is 18.0 Å². The molecule has 0 aromatic heterocycles. The Labute approximate surface area is 111 Å². The Balaban J connectivity index is 3.23. The third kappa shape index (κ3) is 3.48. The van der Waals surface area contributed by atoms with Gasteiger partial charge in [0.15, 0.2) is 0 Å². The number of rotatable bonds is 4. The van der Waals surface area contributed by atoms with Crippen LogP contribution >= 0.6 is 15.9 Å². The van der Waals surface area contributed by atoms with Crippen LogP contribution in [-0.4, -0.2) is 12.4 Å². The molecule has 1 aromatic carbocycles. The first-order valence-electron chi connectivity index (χ1n) is 5.25. The summed E-state index contributed by atoms with van der Waals surface area (Å²) in [5, 5.41) is 0. The van der Waals surface area contributed by atoms with Crippen molar-refractivity contribution in [1.82, 2.24) is 0 Å². The van der Waals surface area contributed by atoms with E-state index in [2.05, 4.69) is 15.9 Å². The summed E-state index contributed by atoms with van der Waals surface area (Å²) >= 11 is 3.12. The van der Waals surface area contributed by atoms with Crippen molar-refractivity contribution in [2.75, 3.05) is 6.61 Å². The van der Waals surface area contributed by atoms with E-state index in [0.29, 0.717) is 5.56 Å². The first-order valence-corrected chi connectivity index (χ1v) is 6.17. The minimum atomic E-state index is -4.47. The van der Waals surface area contributed by atoms with Crippen molar-refractivity contribution in [3.05, 3.63) is 29.3 Å². The number of ketones is 1. The average Bonchev–Trinajstić information content (AvgIpc) is 2.26. The molecule has 0 N–H and O–H groups in total. The van der Waals surface area contributed by atoms with Gasteiger partial charge in [0.05, 0.1) is 17.0 Å². The molecular formula is C12H12BrF3O2. The molecule has 1 rings (SSSR count). The summed E-state index contributed by atoms with van der Waals surface area (Å²) in [6, 6.07) is 3.44. The topological polar surface area (TPSA) is 26.3 Å². The van der Waals surface area contributed by atoms with Crippen LogP contribution in [0.15, 0.2) is 18.2 Å². The summed E-state index contributed by atoms with van der Waals surface area (Å²) in [4.78, 5) is 10.6. The number of benzene rings is 1. The summed E-state index contributed by atoms with van der Waals surface area (Å²) in [5.41, 5.74) is -0.393. The third-order valence-corrected chi connectivity index (χ3v) is 3.43. The van der Waals surface area contributed by atoms with Gasteiger partial charge in [-0.1, -0.05) is 22.0 Å². The van der Waals surface area contributed by atoms with Gasteiger partial charge in [0.2, 0.25) is 0 Å². The van der Waals surface area contributed by atoms with E-state index in [4.69, 9.17) is 4.74 Å². The fraction of sp³-hybridized carbons (Fsp3) is 0.417. The van der Waals surface area contributed by atoms with Gasteiger partial charge in [-0.2, -0.15) is 13.2 Å². The van der Waals surface area contributed by atoms with Crippen LogP contribution in [0.1, 0.15) is 29.8 Å². The lowest BCUT2D eigenvalue weighted by molar-refractivity contribution is -0.138. The van der Waals surface area contributed by atoms with E-state index in [-0.39, 0.29) is 18.1 Å². The minimum Gasteiger partial charge on any atom is -0.493 e. The molecular weight excluding hydrogens is 313 g/mol. The smallest absolute Gasteiger partial charge is 0.419 e. The van der Waals surface area contributed by atoms with Gasteiger partial charge in [0.1, 0.15) is 11.5 Å². The molecule has 0 aliphatic carbocycles. The van der Waals surface area contributed by atoms with Crippen LogP contribution in [0.25, 0.3) is 0 Å². The minimum absolute atomic E-state index is 0.125. The molecule has 2 nitrogen and oxygen atoms in total. The molecule has 0 spiro atoms. The second kappa shape index (κ2) is 5.73. The largest absolute Gasteiger partial charge is 0.493 e. The summed E-state index contributed by atoms with van der Waals surface area (Å²) in [7, 11) is 0. The van der Waals surface area contributed by atoms with E-state index in [1.54, 1.807) is 6.92 Å². The van der Waals surface area contributed by atoms with Crippen LogP contribution in [0, 0.1) is 0 Å². The fourth-order valence-electron chi connectivity index (χ4n) is 1.44. The van der Waals surface area contributed by atoms with Gasteiger partial charge in [-0.3, -0.25) is 4.79 Å². The zero-order valence-electron chi connectivity index (χ0n) is 9.84. The molecule has 0 saturated carbocycles. The predicted octanol–water partition coefficient (Wildman–Crippen LogP) is 4.13. The van der Waals surface area contributed by atoms with Gasteiger partial charge in [-0.15, -0.1) is 0 Å². The van der Waals surface area contributed by atoms with Gasteiger partial charge in [-0.25, -0.2) is 0 Å². The molecule has 100 valence electrons. The molecule has 1 atom stereocenters. The Kier molecular flexibility index (Phi) is 4.78. The maximum absolute atomic E-state index is 12.7. The normalized spacial score (nSPS) is 13.2. The lowest BCUT2D eigenvalue weighted by Crippen LogP contribution is -2.10. The zero-order valence-corrected chi connectivity index (χ0v) is 11.4. The van der Waals surface area contributed by atoms with Crippen LogP contribution in [-0.2, 0) is 11.0 Å². The second-order valence-corrected chi connectivity index (χ2v) is 4.58. The molecule has 0 amide bonds. The standard InChI is InChI=1S/C12H12BrF3O2/c1-3-18-10-6-8(11(13)7(2)17)4-5-9(10)12(14,15)16/h4-6,11H,3H2,1-2H3. The number of carbonyl (C=O) groups excluding carboxylic acids is 1. The van der Waals surface area contributed by atoms with Gasteiger partial charge in [-0.05, 0) is 31.5 Å². The quantitative estimate of drug-likeness (QED) is 0.778. The van der Waals surface area contributed by atoms with Crippen molar-refractivity contribution in [1.29, 1.82) is 0 Å². The molecule has 1 aromatic rings. The lowest BCUT2D eigenvalue weighted by Gasteiger charge is -2.15. The summed E-state index contributed by atoms with van der Waals surface area (Å²) in [6.45, 7) is 3.08. The molecule has 0 bridgehead atoms. The van der Waals surface area contributed by atoms with E-state index in [1.807, 2.05) is 0 Å². The molecule has 0 aliphatic rings. The van der Waals surface area contributed by atoms with E-state index in [1.165, 1.54) is 19.1 Å². The van der Waals surface area contributed by atoms with Gasteiger partial charge in [0.25, 0.3) is 0 Å². The Morgan fingerprint density at radius 1 is 1.44 bits per heavy atom. The van der Waals surface area contributed by atoms with Gasteiger partial charge in [0, 0.05) is 0 Å². The number of hydrogen-bond acceptors (Lipinski definition) is 2. The summed E-state index contributed by atoms with van der Waals surface area (Å²) < 4.78 is 43.1. The molecule has 6 heteroatoms. The van der Waals surface area contributed by atoms with E-state index in [0.717, 1.165) is 6.07 Å². The predicted molar refractivity (Wildman–Crippen MR) is 65.0 cm³/mol. The lowest BCUT2D eigenvalue weighted by atomic mass is 10.1. The van der Waals surface area contributed by atoms with Crippen LogP contribution in [0.3, 0.4) is 0 Å². The number of Topliss-reactive ketones (excluding diaryl/α,β-unsaturated/α-hetero) is 1. The average molecular weight is 325 g/mol. The number of hydrogen-bond donors (Lipinski definition) is 0. The highest BCUT2D eigenvalue weighted by Crippen LogP contribution is 2.38. The number of carbonyl (C=O) groups is 1. The number of alkyl halides is 4. The second-order valence-electron chi connectivity index (χ2n) is 3.66. The monoisotopic (exact) mass is 324 g/mol. The van der Waals surface area contributed by atoms with Gasteiger partial charge < -0.3 is 4.74 Å². The third-order valence-electron chi connectivity index (χ3n) is 2.26.